The highest BCUT2D eigenvalue weighted by molar-refractivity contribution is 7.98. The minimum absolute atomic E-state index is 0.134. The third-order valence-corrected chi connectivity index (χ3v) is 5.63. The average molecular weight is 399 g/mol. The van der Waals surface area contributed by atoms with E-state index in [4.69, 9.17) is 4.42 Å². The minimum Gasteiger partial charge on any atom is -0.478 e. The third kappa shape index (κ3) is 4.12. The molecule has 146 valence electrons. The summed E-state index contributed by atoms with van der Waals surface area (Å²) < 4.78 is 7.04. The predicted octanol–water partition coefficient (Wildman–Crippen LogP) is 3.80. The summed E-state index contributed by atoms with van der Waals surface area (Å²) in [6, 6.07) is 8.46. The van der Waals surface area contributed by atoms with Gasteiger partial charge in [0.2, 0.25) is 0 Å². The van der Waals surface area contributed by atoms with Gasteiger partial charge in [0.15, 0.2) is 0 Å². The van der Waals surface area contributed by atoms with Crippen LogP contribution in [0.4, 0.5) is 0 Å². The van der Waals surface area contributed by atoms with Crippen LogP contribution in [0, 0.1) is 6.92 Å². The number of carboxylic acid groups (broad SMARTS) is 1. The highest BCUT2D eigenvalue weighted by Gasteiger charge is 2.19. The SMILES string of the molecule is Cc1c(C(C)NC(=O)c2ccccc2SCc2occc2C(=O)O)cnn1C. The highest BCUT2D eigenvalue weighted by Crippen LogP contribution is 2.28. The van der Waals surface area contributed by atoms with Crippen LogP contribution in [0.2, 0.25) is 0 Å². The van der Waals surface area contributed by atoms with Gasteiger partial charge in [-0.25, -0.2) is 4.79 Å². The molecule has 0 saturated carbocycles. The minimum atomic E-state index is -1.03. The van der Waals surface area contributed by atoms with Crippen molar-refractivity contribution in [2.24, 2.45) is 7.05 Å². The van der Waals surface area contributed by atoms with Crippen LogP contribution in [-0.4, -0.2) is 26.8 Å². The van der Waals surface area contributed by atoms with Crippen molar-refractivity contribution in [1.82, 2.24) is 15.1 Å². The molecule has 7 nitrogen and oxygen atoms in total. The van der Waals surface area contributed by atoms with E-state index < -0.39 is 5.97 Å². The summed E-state index contributed by atoms with van der Waals surface area (Å²) in [7, 11) is 1.86. The van der Waals surface area contributed by atoms with Gasteiger partial charge in [-0.15, -0.1) is 11.8 Å². The molecular formula is C20H21N3O4S. The first kappa shape index (κ1) is 19.8. The maximum atomic E-state index is 12.8. The zero-order valence-corrected chi connectivity index (χ0v) is 16.6. The second-order valence-electron chi connectivity index (χ2n) is 6.35. The van der Waals surface area contributed by atoms with Gasteiger partial charge in [0.1, 0.15) is 11.3 Å². The molecule has 8 heteroatoms. The molecule has 0 fully saturated rings. The number of nitrogens with one attached hydrogen (secondary N) is 1. The van der Waals surface area contributed by atoms with Crippen molar-refractivity contribution in [2.45, 2.75) is 30.5 Å². The van der Waals surface area contributed by atoms with Gasteiger partial charge in [0.05, 0.1) is 29.8 Å². The van der Waals surface area contributed by atoms with Crippen LogP contribution in [-0.2, 0) is 12.8 Å². The molecule has 2 aromatic heterocycles. The Morgan fingerprint density at radius 3 is 2.71 bits per heavy atom. The molecule has 3 aromatic rings. The van der Waals surface area contributed by atoms with Crippen molar-refractivity contribution in [1.29, 1.82) is 0 Å². The summed E-state index contributed by atoms with van der Waals surface area (Å²) >= 11 is 1.36. The Morgan fingerprint density at radius 2 is 2.04 bits per heavy atom. The normalized spacial score (nSPS) is 12.0. The van der Waals surface area contributed by atoms with Crippen molar-refractivity contribution in [3.05, 3.63) is 70.9 Å². The molecule has 1 atom stereocenters. The number of rotatable bonds is 7. The average Bonchev–Trinajstić information content (AvgIpc) is 3.27. The van der Waals surface area contributed by atoms with Crippen molar-refractivity contribution in [2.75, 3.05) is 0 Å². The summed E-state index contributed by atoms with van der Waals surface area (Å²) in [6.07, 6.45) is 3.11. The van der Waals surface area contributed by atoms with Gasteiger partial charge >= 0.3 is 5.97 Å². The van der Waals surface area contributed by atoms with Crippen LogP contribution >= 0.6 is 11.8 Å². The number of carboxylic acids is 1. The molecule has 0 radical (unpaired) electrons. The first-order valence-electron chi connectivity index (χ1n) is 8.69. The van der Waals surface area contributed by atoms with Gasteiger partial charge in [0.25, 0.3) is 5.91 Å². The molecule has 28 heavy (non-hydrogen) atoms. The Morgan fingerprint density at radius 1 is 1.29 bits per heavy atom. The van der Waals surface area contributed by atoms with E-state index in [1.165, 1.54) is 24.1 Å². The summed E-state index contributed by atoms with van der Waals surface area (Å²) in [5, 5.41) is 16.4. The number of aromatic nitrogens is 2. The van der Waals surface area contributed by atoms with Crippen LogP contribution in [0.15, 0.2) is 52.1 Å². The molecule has 1 aromatic carbocycles. The molecule has 2 heterocycles. The van der Waals surface area contributed by atoms with E-state index in [1.54, 1.807) is 23.0 Å². The number of thioether (sulfide) groups is 1. The lowest BCUT2D eigenvalue weighted by molar-refractivity contribution is 0.0694. The second-order valence-corrected chi connectivity index (χ2v) is 7.37. The summed E-state index contributed by atoms with van der Waals surface area (Å²) in [5.74, 6) is -0.546. The Balaban J connectivity index is 1.74. The Bertz CT molecular complexity index is 1010. The number of carbonyl (C=O) groups excluding carboxylic acids is 1. The zero-order chi connectivity index (χ0) is 20.3. The Hall–Kier alpha value is -3.00. The molecular weight excluding hydrogens is 378 g/mol. The molecule has 0 aliphatic heterocycles. The van der Waals surface area contributed by atoms with Gasteiger partial charge in [-0.05, 0) is 32.0 Å². The van der Waals surface area contributed by atoms with E-state index in [0.717, 1.165) is 16.2 Å². The van der Waals surface area contributed by atoms with E-state index >= 15 is 0 Å². The fourth-order valence-electron chi connectivity index (χ4n) is 2.86. The smallest absolute Gasteiger partial charge is 0.339 e. The number of hydrogen-bond donors (Lipinski definition) is 2. The largest absolute Gasteiger partial charge is 0.478 e. The van der Waals surface area contributed by atoms with Gasteiger partial charge in [-0.2, -0.15) is 5.10 Å². The standard InChI is InChI=1S/C20H21N3O4S/c1-12(16-10-21-23(3)13(16)2)22-19(24)15-6-4-5-7-18(15)28-11-17-14(20(25)26)8-9-27-17/h4-10,12H,11H2,1-3H3,(H,22,24)(H,25,26). The van der Waals surface area contributed by atoms with Crippen LogP contribution < -0.4 is 5.32 Å². The highest BCUT2D eigenvalue weighted by atomic mass is 32.2. The molecule has 0 saturated heterocycles. The first-order valence-corrected chi connectivity index (χ1v) is 9.68. The van der Waals surface area contributed by atoms with Crippen LogP contribution in [0.25, 0.3) is 0 Å². The molecule has 0 spiro atoms. The van der Waals surface area contributed by atoms with E-state index in [0.29, 0.717) is 17.1 Å². The number of amides is 1. The predicted molar refractivity (Wildman–Crippen MR) is 105 cm³/mol. The van der Waals surface area contributed by atoms with Crippen LogP contribution in [0.3, 0.4) is 0 Å². The number of hydrogen-bond acceptors (Lipinski definition) is 5. The molecule has 2 N–H and O–H groups in total. The fraction of sp³-hybridized carbons (Fsp3) is 0.250. The topological polar surface area (TPSA) is 97.4 Å². The van der Waals surface area contributed by atoms with Crippen molar-refractivity contribution < 1.29 is 19.1 Å². The maximum absolute atomic E-state index is 12.8. The summed E-state index contributed by atoms with van der Waals surface area (Å²) in [5.41, 5.74) is 2.62. The number of nitrogens with zero attached hydrogens (tertiary/aromatic N) is 2. The molecule has 1 unspecified atom stereocenters. The molecule has 3 rings (SSSR count). The maximum Gasteiger partial charge on any atom is 0.339 e. The Kier molecular flexibility index (Phi) is 5.89. The molecule has 0 aliphatic rings. The van der Waals surface area contributed by atoms with E-state index in [1.807, 2.05) is 33.0 Å². The molecule has 0 bridgehead atoms. The monoisotopic (exact) mass is 399 g/mol. The molecule has 1 amide bonds. The van der Waals surface area contributed by atoms with Crippen molar-refractivity contribution >= 4 is 23.6 Å². The van der Waals surface area contributed by atoms with Crippen LogP contribution in [0.1, 0.15) is 50.7 Å². The quantitative estimate of drug-likeness (QED) is 0.587. The zero-order valence-electron chi connectivity index (χ0n) is 15.8. The van der Waals surface area contributed by atoms with E-state index in [-0.39, 0.29) is 17.5 Å². The first-order chi connectivity index (χ1) is 13.4. The van der Waals surface area contributed by atoms with Gasteiger partial charge in [0, 0.05) is 23.2 Å². The fourth-order valence-corrected chi connectivity index (χ4v) is 3.86. The lowest BCUT2D eigenvalue weighted by atomic mass is 10.1. The van der Waals surface area contributed by atoms with Crippen molar-refractivity contribution in [3.63, 3.8) is 0 Å². The Labute approximate surface area is 166 Å². The summed E-state index contributed by atoms with van der Waals surface area (Å²) in [6.45, 7) is 3.87. The number of benzene rings is 1. The van der Waals surface area contributed by atoms with Crippen molar-refractivity contribution in [3.8, 4) is 0 Å². The number of carbonyl (C=O) groups is 2. The lowest BCUT2D eigenvalue weighted by Gasteiger charge is -2.15. The van der Waals surface area contributed by atoms with Gasteiger partial charge in [-0.3, -0.25) is 9.48 Å². The number of aryl methyl sites for hydroxylation is 1. The van der Waals surface area contributed by atoms with E-state index in [9.17, 15) is 14.7 Å². The molecule has 0 aliphatic carbocycles. The third-order valence-electron chi connectivity index (χ3n) is 4.55. The summed E-state index contributed by atoms with van der Waals surface area (Å²) in [4.78, 5) is 24.8. The van der Waals surface area contributed by atoms with Crippen LogP contribution in [0.5, 0.6) is 0 Å². The second kappa shape index (κ2) is 8.35. The number of aromatic carboxylic acids is 1. The number of furan rings is 1. The van der Waals surface area contributed by atoms with Gasteiger partial charge in [-0.1, -0.05) is 12.1 Å². The van der Waals surface area contributed by atoms with E-state index in [2.05, 4.69) is 10.4 Å². The van der Waals surface area contributed by atoms with Gasteiger partial charge < -0.3 is 14.8 Å². The lowest BCUT2D eigenvalue weighted by Crippen LogP contribution is -2.27.